The van der Waals surface area contributed by atoms with Crippen LogP contribution >= 0.6 is 0 Å². The van der Waals surface area contributed by atoms with Gasteiger partial charge in [0.1, 0.15) is 6.17 Å². The lowest BCUT2D eigenvalue weighted by atomic mass is 9.44. The van der Waals surface area contributed by atoms with E-state index in [1.54, 1.807) is 13.8 Å². The van der Waals surface area contributed by atoms with Crippen molar-refractivity contribution >= 4 is 23.5 Å². The molecular formula is C26H32F2O7. The number of carbonyl (C=O) groups excluding carboxylic acids is 4. The fourth-order valence-electron chi connectivity index (χ4n) is 7.89. The van der Waals surface area contributed by atoms with Crippen LogP contribution in [0.3, 0.4) is 0 Å². The highest BCUT2D eigenvalue weighted by atomic mass is 19.1. The van der Waals surface area contributed by atoms with Crippen LogP contribution in [0.2, 0.25) is 0 Å². The van der Waals surface area contributed by atoms with Crippen molar-refractivity contribution in [1.29, 1.82) is 0 Å². The molecule has 0 amide bonds. The fourth-order valence-corrected chi connectivity index (χ4v) is 7.89. The second-order valence-electron chi connectivity index (χ2n) is 11.0. The maximum absolute atomic E-state index is 17.3. The Morgan fingerprint density at radius 2 is 1.80 bits per heavy atom. The molecule has 1 N–H and O–H groups in total. The molecule has 4 rings (SSSR count). The number of alkyl halides is 2. The normalized spacial score (nSPS) is 46.1. The van der Waals surface area contributed by atoms with Crippen LogP contribution in [-0.4, -0.2) is 58.8 Å². The summed E-state index contributed by atoms with van der Waals surface area (Å²) in [6.45, 7) is 6.52. The van der Waals surface area contributed by atoms with Gasteiger partial charge in [0, 0.05) is 36.5 Å². The number of esters is 2. The van der Waals surface area contributed by atoms with Crippen LogP contribution in [0.5, 0.6) is 0 Å². The van der Waals surface area contributed by atoms with Crippen LogP contribution < -0.4 is 0 Å². The Labute approximate surface area is 202 Å². The first kappa shape index (κ1) is 25.7. The summed E-state index contributed by atoms with van der Waals surface area (Å²) in [6, 6.07) is 0. The Morgan fingerprint density at radius 3 is 2.40 bits per heavy atom. The van der Waals surface area contributed by atoms with Gasteiger partial charge in [0.25, 0.3) is 0 Å². The average molecular weight is 495 g/mol. The highest BCUT2D eigenvalue weighted by Gasteiger charge is 2.78. The monoisotopic (exact) mass is 494 g/mol. The molecule has 0 unspecified atom stereocenters. The third-order valence-electron chi connectivity index (χ3n) is 9.29. The van der Waals surface area contributed by atoms with Gasteiger partial charge >= 0.3 is 11.9 Å². The Bertz CT molecular complexity index is 1050. The summed E-state index contributed by atoms with van der Waals surface area (Å²) in [5, 5.41) is 11.4. The summed E-state index contributed by atoms with van der Waals surface area (Å²) in [6.07, 6.45) is 0.118. The SMILES string of the molecule is CC(=O)OCC(=O)[C@@]1(OC(C)=O)[C@H](C)C[C@@H]2[C@@H]3C[C@@H](F)C4=CC(=O)C=C[C@]4(C)[C@@]3(F)[C@H](O)C[C@]21C. The smallest absolute Gasteiger partial charge is 0.303 e. The van der Waals surface area contributed by atoms with Crippen molar-refractivity contribution < 1.29 is 42.5 Å². The molecule has 0 bridgehead atoms. The number of aliphatic hydroxyl groups excluding tert-OH is 1. The van der Waals surface area contributed by atoms with Crippen molar-refractivity contribution in [2.75, 3.05) is 6.61 Å². The van der Waals surface area contributed by atoms with E-state index in [1.165, 1.54) is 19.1 Å². The van der Waals surface area contributed by atoms with Gasteiger partial charge in [-0.15, -0.1) is 0 Å². The Kier molecular flexibility index (Phi) is 5.90. The maximum atomic E-state index is 17.3. The number of allylic oxidation sites excluding steroid dienone is 4. The van der Waals surface area contributed by atoms with Gasteiger partial charge in [-0.2, -0.15) is 0 Å². The minimum atomic E-state index is -2.31. The van der Waals surface area contributed by atoms with Crippen LogP contribution in [-0.2, 0) is 28.7 Å². The average Bonchev–Trinajstić information content (AvgIpc) is 2.97. The number of aliphatic hydroxyl groups is 1. The number of ether oxygens (including phenoxy) is 2. The first-order chi connectivity index (χ1) is 16.1. The van der Waals surface area contributed by atoms with Gasteiger partial charge in [-0.25, -0.2) is 8.78 Å². The summed E-state index contributed by atoms with van der Waals surface area (Å²) in [4.78, 5) is 49.1. The molecule has 192 valence electrons. The first-order valence-electron chi connectivity index (χ1n) is 12.0. The molecule has 0 aromatic heterocycles. The number of ketones is 2. The zero-order valence-electron chi connectivity index (χ0n) is 20.6. The highest BCUT2D eigenvalue weighted by molar-refractivity contribution is 6.01. The van der Waals surface area contributed by atoms with Crippen LogP contribution in [0.4, 0.5) is 8.78 Å². The second-order valence-corrected chi connectivity index (χ2v) is 11.0. The molecule has 7 nitrogen and oxygen atoms in total. The molecule has 3 fully saturated rings. The standard InChI is InChI=1S/C26H32F2O7/c1-13-8-17-18-10-20(27)19-9-16(31)6-7-23(19,4)25(18,28)21(32)11-24(17,5)26(13,35-15(3)30)22(33)12-34-14(2)29/h6-7,9,13,17-18,20-21,32H,8,10-12H2,1-5H3/t13-,17-,18+,20-,21-,23+,24-,25+,26+/m1/s1. The number of fused-ring (bicyclic) bond motifs is 5. The maximum Gasteiger partial charge on any atom is 0.303 e. The molecule has 9 atom stereocenters. The lowest BCUT2D eigenvalue weighted by Gasteiger charge is -2.63. The van der Waals surface area contributed by atoms with Gasteiger partial charge in [0.15, 0.2) is 23.7 Å². The van der Waals surface area contributed by atoms with E-state index in [-0.39, 0.29) is 24.8 Å². The lowest BCUT2D eigenvalue weighted by Crippen LogP contribution is -2.71. The molecule has 0 saturated heterocycles. The van der Waals surface area contributed by atoms with E-state index in [1.807, 2.05) is 0 Å². The van der Waals surface area contributed by atoms with Crippen molar-refractivity contribution in [3.63, 3.8) is 0 Å². The van der Waals surface area contributed by atoms with Crippen molar-refractivity contribution in [3.8, 4) is 0 Å². The van der Waals surface area contributed by atoms with E-state index in [0.717, 1.165) is 19.9 Å². The molecule has 3 saturated carbocycles. The minimum Gasteiger partial charge on any atom is -0.458 e. The van der Waals surface area contributed by atoms with E-state index >= 15 is 8.78 Å². The Morgan fingerprint density at radius 1 is 1.14 bits per heavy atom. The molecule has 4 aliphatic carbocycles. The summed E-state index contributed by atoms with van der Waals surface area (Å²) >= 11 is 0. The molecule has 0 radical (unpaired) electrons. The van der Waals surface area contributed by atoms with Crippen LogP contribution in [0.1, 0.15) is 53.9 Å². The third-order valence-corrected chi connectivity index (χ3v) is 9.29. The van der Waals surface area contributed by atoms with Crippen molar-refractivity contribution in [2.24, 2.45) is 28.6 Å². The van der Waals surface area contributed by atoms with Crippen molar-refractivity contribution in [3.05, 3.63) is 23.8 Å². The first-order valence-corrected chi connectivity index (χ1v) is 12.0. The summed E-state index contributed by atoms with van der Waals surface area (Å²) in [5.74, 6) is -4.77. The molecule has 0 heterocycles. The zero-order valence-corrected chi connectivity index (χ0v) is 20.6. The van der Waals surface area contributed by atoms with Gasteiger partial charge < -0.3 is 14.6 Å². The van der Waals surface area contributed by atoms with E-state index in [2.05, 4.69) is 0 Å². The van der Waals surface area contributed by atoms with E-state index in [4.69, 9.17) is 9.47 Å². The molecule has 4 aliphatic rings. The second kappa shape index (κ2) is 8.05. The largest absolute Gasteiger partial charge is 0.458 e. The number of halogens is 2. The number of carbonyl (C=O) groups is 4. The Hall–Kier alpha value is -2.42. The van der Waals surface area contributed by atoms with Crippen molar-refractivity contribution in [2.45, 2.75) is 77.4 Å². The topological polar surface area (TPSA) is 107 Å². The number of Topliss-reactive ketones (excluding diaryl/α,β-unsaturated/α-hetero) is 1. The number of hydrogen-bond donors (Lipinski definition) is 1. The molecule has 0 spiro atoms. The summed E-state index contributed by atoms with van der Waals surface area (Å²) < 4.78 is 43.5. The number of rotatable bonds is 4. The summed E-state index contributed by atoms with van der Waals surface area (Å²) in [5.41, 5.74) is -6.90. The van der Waals surface area contributed by atoms with Gasteiger partial charge in [0.05, 0.1) is 6.10 Å². The van der Waals surface area contributed by atoms with Gasteiger partial charge in [-0.1, -0.05) is 19.9 Å². The van der Waals surface area contributed by atoms with E-state index < -0.39 is 82.2 Å². The van der Waals surface area contributed by atoms with Crippen LogP contribution in [0.25, 0.3) is 0 Å². The van der Waals surface area contributed by atoms with Gasteiger partial charge in [0.2, 0.25) is 5.78 Å². The molecular weight excluding hydrogens is 462 g/mol. The minimum absolute atomic E-state index is 0.00892. The van der Waals surface area contributed by atoms with E-state index in [9.17, 15) is 24.3 Å². The molecule has 0 aromatic rings. The highest BCUT2D eigenvalue weighted by Crippen LogP contribution is 2.71. The molecule has 0 aliphatic heterocycles. The lowest BCUT2D eigenvalue weighted by molar-refractivity contribution is -0.231. The zero-order chi connectivity index (χ0) is 26.1. The van der Waals surface area contributed by atoms with Crippen LogP contribution in [0, 0.1) is 28.6 Å². The van der Waals surface area contributed by atoms with Gasteiger partial charge in [-0.3, -0.25) is 19.2 Å². The van der Waals surface area contributed by atoms with Crippen LogP contribution in [0.15, 0.2) is 23.8 Å². The van der Waals surface area contributed by atoms with Crippen molar-refractivity contribution in [1.82, 2.24) is 0 Å². The fraction of sp³-hybridized carbons (Fsp3) is 0.692. The predicted octanol–water partition coefficient (Wildman–Crippen LogP) is 2.99. The number of hydrogen-bond acceptors (Lipinski definition) is 7. The third kappa shape index (κ3) is 3.22. The van der Waals surface area contributed by atoms with E-state index in [0.29, 0.717) is 0 Å². The van der Waals surface area contributed by atoms with Gasteiger partial charge in [-0.05, 0) is 49.8 Å². The molecule has 9 heteroatoms. The quantitative estimate of drug-likeness (QED) is 0.599. The molecule has 35 heavy (non-hydrogen) atoms. The Balaban J connectivity index is 1.85. The molecule has 0 aromatic carbocycles. The summed E-state index contributed by atoms with van der Waals surface area (Å²) in [7, 11) is 0. The predicted molar refractivity (Wildman–Crippen MR) is 119 cm³/mol.